The van der Waals surface area contributed by atoms with E-state index in [1.807, 2.05) is 21.1 Å². The predicted octanol–water partition coefficient (Wildman–Crippen LogP) is 15.1. The number of ether oxygens (including phenoxy) is 3. The van der Waals surface area contributed by atoms with E-state index in [1.54, 1.807) is 0 Å². The van der Waals surface area contributed by atoms with Crippen LogP contribution in [0.15, 0.2) is 134 Å². The van der Waals surface area contributed by atoms with Crippen molar-refractivity contribution in [2.45, 2.75) is 180 Å². The molecule has 0 amide bonds. The molecule has 2 unspecified atom stereocenters. The minimum absolute atomic E-state index is 0.0245. The van der Waals surface area contributed by atoms with Crippen molar-refractivity contribution in [2.75, 3.05) is 41.0 Å². The Morgan fingerprint density at radius 1 is 0.448 bits per heavy atom. The van der Waals surface area contributed by atoms with E-state index in [9.17, 15) is 19.5 Å². The Morgan fingerprint density at radius 2 is 0.806 bits per heavy atom. The molecule has 8 heteroatoms. The number of carbonyl (C=O) groups is 3. The van der Waals surface area contributed by atoms with Gasteiger partial charge in [-0.05, 0) is 103 Å². The Bertz CT molecular complexity index is 1550. The molecule has 0 radical (unpaired) electrons. The van der Waals surface area contributed by atoms with Crippen LogP contribution in [0.5, 0.6) is 0 Å². The average Bonchev–Trinajstić information content (AvgIpc) is 3.29. The third-order valence-electron chi connectivity index (χ3n) is 10.5. The Hall–Kier alpha value is -4.53. The van der Waals surface area contributed by atoms with Crippen LogP contribution in [0.2, 0.25) is 0 Å². The van der Waals surface area contributed by atoms with E-state index in [2.05, 4.69) is 148 Å². The van der Waals surface area contributed by atoms with E-state index in [1.165, 1.54) is 19.3 Å². The maximum absolute atomic E-state index is 12.8. The molecule has 0 spiro atoms. The van der Waals surface area contributed by atoms with E-state index in [4.69, 9.17) is 14.2 Å². The van der Waals surface area contributed by atoms with E-state index >= 15 is 0 Å². The molecule has 0 aromatic rings. The largest absolute Gasteiger partial charge is 0.477 e. The van der Waals surface area contributed by atoms with Crippen LogP contribution in [0.1, 0.15) is 168 Å². The molecule has 1 N–H and O–H groups in total. The average molecular weight is 929 g/mol. The second-order valence-corrected chi connectivity index (χ2v) is 17.7. The summed E-state index contributed by atoms with van der Waals surface area (Å²) in [5.74, 6) is -1.58. The summed E-state index contributed by atoms with van der Waals surface area (Å²) < 4.78 is 17.3. The summed E-state index contributed by atoms with van der Waals surface area (Å²) in [6.45, 7) is 4.42. The first-order valence-corrected chi connectivity index (χ1v) is 25.7. The zero-order valence-corrected chi connectivity index (χ0v) is 42.8. The van der Waals surface area contributed by atoms with Gasteiger partial charge in [0.15, 0.2) is 12.1 Å². The molecular weight excluding hydrogens is 835 g/mol. The molecule has 67 heavy (non-hydrogen) atoms. The van der Waals surface area contributed by atoms with Gasteiger partial charge in [-0.15, -0.1) is 0 Å². The molecule has 2 atom stereocenters. The lowest BCUT2D eigenvalue weighted by atomic mass is 10.1. The van der Waals surface area contributed by atoms with Crippen molar-refractivity contribution in [3.63, 3.8) is 0 Å². The topological polar surface area (TPSA) is 99.1 Å². The molecule has 376 valence electrons. The van der Waals surface area contributed by atoms with Crippen molar-refractivity contribution in [2.24, 2.45) is 0 Å². The van der Waals surface area contributed by atoms with Crippen LogP contribution < -0.4 is 0 Å². The molecule has 0 aliphatic heterocycles. The predicted molar refractivity (Wildman–Crippen MR) is 284 cm³/mol. The number of carboxylic acids is 1. The van der Waals surface area contributed by atoms with Gasteiger partial charge in [-0.3, -0.25) is 9.59 Å². The first-order valence-electron chi connectivity index (χ1n) is 25.7. The maximum Gasteiger partial charge on any atom is 0.362 e. The van der Waals surface area contributed by atoms with Crippen molar-refractivity contribution in [3.8, 4) is 0 Å². The zero-order chi connectivity index (χ0) is 49.2. The standard InChI is InChI=1S/C59H93NO7/c1-6-8-10-12-14-16-18-20-22-24-26-28-29-30-32-33-35-37-39-41-43-45-47-49-57(61)66-54-55(53-65-52-51-56(59(63)64)60(3,4)5)67-58(62)50-48-46-44-42-40-38-36-34-31-27-25-23-21-19-17-15-13-11-9-7-2/h8-11,14-17,20-23,26-28,30-32,36,38,42,44,55-56H,6-7,12-13,18-19,24-25,29,33-35,37,39-41,43,45-54H2,1-5H3/p+1/b10-8+,11-9+,16-14+,17-15+,22-20+,23-21+,28-26+,31-27+,32-30+,38-36+,44-42+. The zero-order valence-electron chi connectivity index (χ0n) is 42.8. The van der Waals surface area contributed by atoms with Crippen LogP contribution in [-0.4, -0.2) is 80.6 Å². The number of nitrogens with zero attached hydrogens (tertiary/aromatic N) is 1. The second kappa shape index (κ2) is 47.9. The molecule has 0 saturated heterocycles. The highest BCUT2D eigenvalue weighted by molar-refractivity contribution is 5.72. The number of quaternary nitrogens is 1. The van der Waals surface area contributed by atoms with Gasteiger partial charge in [-0.1, -0.05) is 180 Å². The molecular formula is C59H94NO7+. The third kappa shape index (κ3) is 46.4. The van der Waals surface area contributed by atoms with Crippen LogP contribution >= 0.6 is 0 Å². The van der Waals surface area contributed by atoms with Crippen molar-refractivity contribution in [1.29, 1.82) is 0 Å². The first kappa shape index (κ1) is 62.5. The van der Waals surface area contributed by atoms with Crippen molar-refractivity contribution < 1.29 is 38.2 Å². The minimum atomic E-state index is -0.892. The molecule has 0 aromatic heterocycles. The fourth-order valence-electron chi connectivity index (χ4n) is 6.66. The number of unbranched alkanes of at least 4 members (excludes halogenated alkanes) is 8. The summed E-state index contributed by atoms with van der Waals surface area (Å²) in [5, 5.41) is 9.66. The number of esters is 2. The normalized spacial score (nSPS) is 14.0. The van der Waals surface area contributed by atoms with Crippen molar-refractivity contribution in [1.82, 2.24) is 0 Å². The minimum Gasteiger partial charge on any atom is -0.477 e. The lowest BCUT2D eigenvalue weighted by molar-refractivity contribution is -0.887. The summed E-state index contributed by atoms with van der Waals surface area (Å²) in [5.41, 5.74) is 0. The number of carboxylic acid groups (broad SMARTS) is 1. The van der Waals surface area contributed by atoms with Gasteiger partial charge in [0.05, 0.1) is 34.4 Å². The first-order chi connectivity index (χ1) is 32.6. The van der Waals surface area contributed by atoms with Crippen molar-refractivity contribution >= 4 is 17.9 Å². The highest BCUT2D eigenvalue weighted by Crippen LogP contribution is 2.13. The summed E-state index contributed by atoms with van der Waals surface area (Å²) in [6, 6.07) is -0.637. The molecule has 0 saturated carbocycles. The molecule has 0 rings (SSSR count). The van der Waals surface area contributed by atoms with Crippen LogP contribution in [0.3, 0.4) is 0 Å². The van der Waals surface area contributed by atoms with Crippen LogP contribution in [0, 0.1) is 0 Å². The van der Waals surface area contributed by atoms with Gasteiger partial charge < -0.3 is 23.8 Å². The maximum atomic E-state index is 12.8. The van der Waals surface area contributed by atoms with Gasteiger partial charge >= 0.3 is 17.9 Å². The van der Waals surface area contributed by atoms with Gasteiger partial charge in [0, 0.05) is 19.3 Å². The van der Waals surface area contributed by atoms with Gasteiger partial charge in [0.2, 0.25) is 0 Å². The summed E-state index contributed by atoms with van der Waals surface area (Å²) in [6.07, 6.45) is 69.4. The second-order valence-electron chi connectivity index (χ2n) is 17.7. The number of allylic oxidation sites excluding steroid dienone is 22. The Balaban J connectivity index is 4.39. The Morgan fingerprint density at radius 3 is 1.21 bits per heavy atom. The SMILES string of the molecule is CC/C=C/C/C=C/C/C=C/C/C=C/C/C=C/C/C=C/CCCC(=O)OC(COCCC(C(=O)O)[N+](C)(C)C)COC(=O)CCCCCCCCC/C=C/C/C=C/C/C=C/C/C=C/C/C=C/CC. The number of carbonyl (C=O) groups excluding carboxylic acids is 2. The molecule has 0 aliphatic rings. The molecule has 0 bridgehead atoms. The number of hydrogen-bond acceptors (Lipinski definition) is 6. The van der Waals surface area contributed by atoms with E-state index in [-0.39, 0.29) is 42.7 Å². The van der Waals surface area contributed by atoms with E-state index in [0.717, 1.165) is 109 Å². The summed E-state index contributed by atoms with van der Waals surface area (Å²) in [4.78, 5) is 37.2. The molecule has 8 nitrogen and oxygen atoms in total. The number of likely N-dealkylation sites (N-methyl/N-ethyl adjacent to an activating group) is 1. The van der Waals surface area contributed by atoms with Gasteiger partial charge in [-0.2, -0.15) is 0 Å². The molecule has 0 aromatic carbocycles. The van der Waals surface area contributed by atoms with E-state index in [0.29, 0.717) is 19.3 Å². The number of aliphatic carboxylic acids is 1. The highest BCUT2D eigenvalue weighted by atomic mass is 16.6. The summed E-state index contributed by atoms with van der Waals surface area (Å²) in [7, 11) is 5.50. The van der Waals surface area contributed by atoms with Crippen LogP contribution in [-0.2, 0) is 28.6 Å². The third-order valence-corrected chi connectivity index (χ3v) is 10.5. The van der Waals surface area contributed by atoms with E-state index < -0.39 is 18.1 Å². The molecule has 0 aliphatic carbocycles. The van der Waals surface area contributed by atoms with Crippen molar-refractivity contribution in [3.05, 3.63) is 134 Å². The van der Waals surface area contributed by atoms with Gasteiger partial charge in [0.1, 0.15) is 6.61 Å². The van der Waals surface area contributed by atoms with Gasteiger partial charge in [0.25, 0.3) is 0 Å². The lowest BCUT2D eigenvalue weighted by Gasteiger charge is -2.31. The number of hydrogen-bond donors (Lipinski definition) is 1. The summed E-state index contributed by atoms with van der Waals surface area (Å²) >= 11 is 0. The number of rotatable bonds is 44. The van der Waals surface area contributed by atoms with Crippen LogP contribution in [0.4, 0.5) is 0 Å². The Kier molecular flexibility index (Phi) is 44.7. The molecule has 0 fully saturated rings. The monoisotopic (exact) mass is 929 g/mol. The van der Waals surface area contributed by atoms with Gasteiger partial charge in [-0.25, -0.2) is 4.79 Å². The fraction of sp³-hybridized carbons (Fsp3) is 0.576. The fourth-order valence-corrected chi connectivity index (χ4v) is 6.66. The smallest absolute Gasteiger partial charge is 0.362 e. The highest BCUT2D eigenvalue weighted by Gasteiger charge is 2.31. The van der Waals surface area contributed by atoms with Crippen LogP contribution in [0.25, 0.3) is 0 Å². The molecule has 0 heterocycles. The quantitative estimate of drug-likeness (QED) is 0.0281. The Labute approximate surface area is 409 Å². The lowest BCUT2D eigenvalue weighted by Crippen LogP contribution is -2.50.